The first-order valence-electron chi connectivity index (χ1n) is 7.49. The van der Waals surface area contributed by atoms with Crippen LogP contribution < -0.4 is 5.32 Å². The molecular formula is C17H12N4O3S2. The zero-order valence-corrected chi connectivity index (χ0v) is 15.1. The van der Waals surface area contributed by atoms with Gasteiger partial charge in [0.1, 0.15) is 0 Å². The predicted octanol–water partition coefficient (Wildman–Crippen LogP) is 4.20. The van der Waals surface area contributed by atoms with E-state index in [4.69, 9.17) is 5.26 Å². The van der Waals surface area contributed by atoms with Gasteiger partial charge in [0.15, 0.2) is 4.34 Å². The number of nitro benzene ring substituents is 1. The summed E-state index contributed by atoms with van der Waals surface area (Å²) in [7, 11) is 0. The molecule has 1 aromatic heterocycles. The van der Waals surface area contributed by atoms with Crippen LogP contribution in [-0.4, -0.2) is 21.1 Å². The molecule has 0 aliphatic heterocycles. The van der Waals surface area contributed by atoms with Crippen LogP contribution in [-0.2, 0) is 4.79 Å². The van der Waals surface area contributed by atoms with E-state index in [2.05, 4.69) is 10.3 Å². The van der Waals surface area contributed by atoms with Crippen LogP contribution in [0.4, 0.5) is 11.4 Å². The quantitative estimate of drug-likeness (QED) is 0.401. The molecule has 3 aromatic rings. The lowest BCUT2D eigenvalue weighted by atomic mass is 10.2. The van der Waals surface area contributed by atoms with Gasteiger partial charge in [-0.05, 0) is 37.3 Å². The minimum absolute atomic E-state index is 0.0179. The lowest BCUT2D eigenvalue weighted by molar-refractivity contribution is -0.384. The molecule has 130 valence electrons. The van der Waals surface area contributed by atoms with E-state index in [-0.39, 0.29) is 11.6 Å². The second-order valence-electron chi connectivity index (χ2n) is 5.33. The summed E-state index contributed by atoms with van der Waals surface area (Å²) in [6, 6.07) is 13.1. The molecule has 1 atom stereocenters. The van der Waals surface area contributed by atoms with Crippen LogP contribution in [0.15, 0.2) is 46.8 Å². The highest BCUT2D eigenvalue weighted by atomic mass is 32.2. The van der Waals surface area contributed by atoms with E-state index in [0.29, 0.717) is 25.8 Å². The molecule has 0 saturated heterocycles. The zero-order chi connectivity index (χ0) is 18.7. The number of hydrogen-bond acceptors (Lipinski definition) is 7. The molecule has 0 aliphatic carbocycles. The fourth-order valence-electron chi connectivity index (χ4n) is 2.13. The molecule has 0 aliphatic rings. The minimum atomic E-state index is -0.445. The average molecular weight is 384 g/mol. The molecule has 0 radical (unpaired) electrons. The number of carbonyl (C=O) groups excluding carboxylic acids is 1. The normalized spacial score (nSPS) is 11.7. The largest absolute Gasteiger partial charge is 0.325 e. The summed E-state index contributed by atoms with van der Waals surface area (Å²) in [6.07, 6.45) is 0. The number of aromatic nitrogens is 1. The highest BCUT2D eigenvalue weighted by molar-refractivity contribution is 8.02. The van der Waals surface area contributed by atoms with Crippen LogP contribution in [0.25, 0.3) is 10.2 Å². The number of thiazole rings is 1. The lowest BCUT2D eigenvalue weighted by Crippen LogP contribution is -2.22. The van der Waals surface area contributed by atoms with Gasteiger partial charge in [-0.1, -0.05) is 11.8 Å². The number of thioether (sulfide) groups is 1. The number of nitrogens with one attached hydrogen (secondary N) is 1. The maximum atomic E-state index is 12.3. The Morgan fingerprint density at radius 2 is 2.08 bits per heavy atom. The molecule has 0 fully saturated rings. The second kappa shape index (κ2) is 7.51. The number of non-ortho nitro benzene ring substituents is 1. The van der Waals surface area contributed by atoms with Gasteiger partial charge in [-0.3, -0.25) is 14.9 Å². The molecule has 0 saturated carbocycles. The van der Waals surface area contributed by atoms with Crippen LogP contribution in [0.5, 0.6) is 0 Å². The molecule has 0 unspecified atom stereocenters. The Morgan fingerprint density at radius 3 is 2.73 bits per heavy atom. The first kappa shape index (κ1) is 17.8. The van der Waals surface area contributed by atoms with E-state index >= 15 is 0 Å². The number of fused-ring (bicyclic) bond motifs is 1. The van der Waals surface area contributed by atoms with E-state index in [1.165, 1.54) is 35.2 Å². The van der Waals surface area contributed by atoms with Crippen LogP contribution in [0.1, 0.15) is 12.5 Å². The van der Waals surface area contributed by atoms with E-state index in [9.17, 15) is 14.9 Å². The van der Waals surface area contributed by atoms with Crippen LogP contribution in [0, 0.1) is 21.4 Å². The highest BCUT2D eigenvalue weighted by Gasteiger charge is 2.18. The van der Waals surface area contributed by atoms with Gasteiger partial charge in [-0.2, -0.15) is 5.26 Å². The number of anilines is 1. The van der Waals surface area contributed by atoms with Crippen molar-refractivity contribution in [2.75, 3.05) is 5.32 Å². The van der Waals surface area contributed by atoms with E-state index in [1.807, 2.05) is 6.07 Å². The van der Waals surface area contributed by atoms with Gasteiger partial charge in [0, 0.05) is 17.8 Å². The third kappa shape index (κ3) is 3.99. The molecular weight excluding hydrogens is 372 g/mol. The van der Waals surface area contributed by atoms with E-state index in [1.54, 1.807) is 37.3 Å². The van der Waals surface area contributed by atoms with Crippen molar-refractivity contribution in [1.29, 1.82) is 5.26 Å². The van der Waals surface area contributed by atoms with Gasteiger partial charge >= 0.3 is 0 Å². The maximum Gasteiger partial charge on any atom is 0.270 e. The van der Waals surface area contributed by atoms with Gasteiger partial charge in [-0.25, -0.2) is 4.98 Å². The minimum Gasteiger partial charge on any atom is -0.325 e. The summed E-state index contributed by atoms with van der Waals surface area (Å²) < 4.78 is 1.38. The molecule has 1 amide bonds. The van der Waals surface area contributed by atoms with Crippen LogP contribution in [0.3, 0.4) is 0 Å². The summed E-state index contributed by atoms with van der Waals surface area (Å²) in [5.41, 5.74) is 1.82. The fourth-order valence-corrected chi connectivity index (χ4v) is 4.38. The van der Waals surface area contributed by atoms with Crippen molar-refractivity contribution in [3.05, 3.63) is 58.1 Å². The number of nitriles is 1. The monoisotopic (exact) mass is 384 g/mol. The first-order valence-corrected chi connectivity index (χ1v) is 9.18. The summed E-state index contributed by atoms with van der Waals surface area (Å²) in [5, 5.41) is 22.0. The van der Waals surface area contributed by atoms with E-state index in [0.717, 1.165) is 0 Å². The standard InChI is InChI=1S/C17H12N4O3S2/c1-10(16(22)19-12-4-2-11(9-18)3-5-12)25-17-20-14-7-6-13(21(23)24)8-15(14)26-17/h2-8,10H,1H3,(H,19,22)/t10-/m1/s1. The van der Waals surface area contributed by atoms with E-state index < -0.39 is 10.2 Å². The third-order valence-electron chi connectivity index (χ3n) is 3.49. The predicted molar refractivity (Wildman–Crippen MR) is 101 cm³/mol. The van der Waals surface area contributed by atoms with Crippen molar-refractivity contribution in [2.45, 2.75) is 16.5 Å². The molecule has 26 heavy (non-hydrogen) atoms. The Morgan fingerprint density at radius 1 is 1.35 bits per heavy atom. The molecule has 0 spiro atoms. The van der Waals surface area contributed by atoms with Crippen molar-refractivity contribution in [2.24, 2.45) is 0 Å². The summed E-state index contributed by atoms with van der Waals surface area (Å²) >= 11 is 2.61. The number of benzene rings is 2. The average Bonchev–Trinajstić information content (AvgIpc) is 3.03. The number of amides is 1. The number of nitrogens with zero attached hydrogens (tertiary/aromatic N) is 3. The number of carbonyl (C=O) groups is 1. The topological polar surface area (TPSA) is 109 Å². The van der Waals surface area contributed by atoms with Gasteiger partial charge in [0.25, 0.3) is 5.69 Å². The Kier molecular flexibility index (Phi) is 5.16. The van der Waals surface area contributed by atoms with Gasteiger partial charge in [0.2, 0.25) is 5.91 Å². The highest BCUT2D eigenvalue weighted by Crippen LogP contribution is 2.34. The maximum absolute atomic E-state index is 12.3. The summed E-state index contributed by atoms with van der Waals surface area (Å²) in [6.45, 7) is 1.76. The molecule has 3 rings (SSSR count). The van der Waals surface area contributed by atoms with Crippen molar-refractivity contribution >= 4 is 50.6 Å². The summed E-state index contributed by atoms with van der Waals surface area (Å²) in [4.78, 5) is 27.1. The number of hydrogen-bond donors (Lipinski definition) is 1. The Bertz CT molecular complexity index is 1020. The molecule has 0 bridgehead atoms. The van der Waals surface area contributed by atoms with Crippen LogP contribution in [0.2, 0.25) is 0 Å². The number of rotatable bonds is 5. The molecule has 2 aromatic carbocycles. The second-order valence-corrected chi connectivity index (χ2v) is 7.95. The Balaban J connectivity index is 1.69. The molecule has 1 N–H and O–H groups in total. The summed E-state index contributed by atoms with van der Waals surface area (Å²) in [5.74, 6) is -0.190. The molecule has 9 heteroatoms. The Hall–Kier alpha value is -2.96. The lowest BCUT2D eigenvalue weighted by Gasteiger charge is -2.10. The van der Waals surface area contributed by atoms with Gasteiger partial charge < -0.3 is 5.32 Å². The SMILES string of the molecule is C[C@@H](Sc1nc2ccc([N+](=O)[O-])cc2s1)C(=O)Nc1ccc(C#N)cc1. The van der Waals surface area contributed by atoms with Crippen molar-refractivity contribution in [3.8, 4) is 6.07 Å². The molecule has 7 nitrogen and oxygen atoms in total. The van der Waals surface area contributed by atoms with Crippen molar-refractivity contribution < 1.29 is 9.72 Å². The zero-order valence-electron chi connectivity index (χ0n) is 13.5. The third-order valence-corrected chi connectivity index (χ3v) is 5.70. The van der Waals surface area contributed by atoms with Crippen molar-refractivity contribution in [3.63, 3.8) is 0 Å². The van der Waals surface area contributed by atoms with Crippen molar-refractivity contribution in [1.82, 2.24) is 4.98 Å². The molecule has 1 heterocycles. The first-order chi connectivity index (χ1) is 12.5. The van der Waals surface area contributed by atoms with Gasteiger partial charge in [0.05, 0.1) is 32.0 Å². The fraction of sp³-hybridized carbons (Fsp3) is 0.118. The van der Waals surface area contributed by atoms with Crippen LogP contribution >= 0.6 is 23.1 Å². The smallest absolute Gasteiger partial charge is 0.270 e. The number of nitro groups is 1. The Labute approximate surface area is 156 Å². The van der Waals surface area contributed by atoms with Gasteiger partial charge in [-0.15, -0.1) is 11.3 Å².